The fourth-order valence-electron chi connectivity index (χ4n) is 3.97. The third-order valence-electron chi connectivity index (χ3n) is 5.49. The van der Waals surface area contributed by atoms with Crippen LogP contribution in [0.1, 0.15) is 23.5 Å². The highest BCUT2D eigenvalue weighted by Gasteiger charge is 2.35. The molecule has 0 saturated heterocycles. The second kappa shape index (κ2) is 8.35. The summed E-state index contributed by atoms with van der Waals surface area (Å²) in [6, 6.07) is 21.6. The van der Waals surface area contributed by atoms with E-state index in [9.17, 15) is 23.1 Å². The van der Waals surface area contributed by atoms with Crippen molar-refractivity contribution in [1.82, 2.24) is 5.32 Å². The highest BCUT2D eigenvalue weighted by molar-refractivity contribution is 7.91. The molecule has 3 aromatic rings. The van der Waals surface area contributed by atoms with Gasteiger partial charge in [0.25, 0.3) is 0 Å². The Morgan fingerprint density at radius 1 is 0.839 bits per heavy atom. The van der Waals surface area contributed by atoms with Crippen molar-refractivity contribution in [2.75, 3.05) is 5.75 Å². The molecule has 0 fully saturated rings. The number of nitrogens with one attached hydrogen (secondary N) is 1. The van der Waals surface area contributed by atoms with Crippen molar-refractivity contribution in [2.45, 2.75) is 23.3 Å². The monoisotopic (exact) mass is 435 g/mol. The van der Waals surface area contributed by atoms with Crippen LogP contribution in [0.5, 0.6) is 0 Å². The van der Waals surface area contributed by atoms with Crippen molar-refractivity contribution in [3.8, 4) is 11.1 Å². The van der Waals surface area contributed by atoms with Gasteiger partial charge in [0, 0.05) is 0 Å². The van der Waals surface area contributed by atoms with Gasteiger partial charge in [-0.1, -0.05) is 66.7 Å². The molecule has 0 spiro atoms. The first kappa shape index (κ1) is 20.8. The number of carboxylic acids is 1. The second-order valence-electron chi connectivity index (χ2n) is 7.43. The average Bonchev–Trinajstić information content (AvgIpc) is 3.11. The molecular weight excluding hydrogens is 414 g/mol. The van der Waals surface area contributed by atoms with Crippen molar-refractivity contribution in [3.05, 3.63) is 90.0 Å². The Bertz CT molecular complexity index is 1190. The summed E-state index contributed by atoms with van der Waals surface area (Å²) >= 11 is 0. The quantitative estimate of drug-likeness (QED) is 0.593. The van der Waals surface area contributed by atoms with E-state index in [1.54, 1.807) is 18.2 Å². The van der Waals surface area contributed by atoms with Gasteiger partial charge in [-0.3, -0.25) is 4.79 Å². The van der Waals surface area contributed by atoms with Gasteiger partial charge >= 0.3 is 5.97 Å². The minimum atomic E-state index is -3.66. The summed E-state index contributed by atoms with van der Waals surface area (Å²) in [5.41, 5.74) is 3.50. The summed E-state index contributed by atoms with van der Waals surface area (Å²) in [5.74, 6) is -2.75. The van der Waals surface area contributed by atoms with Crippen LogP contribution in [0.3, 0.4) is 0 Å². The molecule has 1 aliphatic carbocycles. The Kier molecular flexibility index (Phi) is 5.61. The van der Waals surface area contributed by atoms with Crippen LogP contribution in [-0.2, 0) is 19.4 Å². The number of aliphatic carboxylic acids is 1. The molecule has 3 aromatic carbocycles. The molecule has 1 aliphatic rings. The van der Waals surface area contributed by atoms with Crippen LogP contribution in [0.15, 0.2) is 83.8 Å². The molecule has 0 bridgehead atoms. The summed E-state index contributed by atoms with van der Waals surface area (Å²) in [6.07, 6.45) is -0.228. The molecule has 0 heterocycles. The zero-order valence-corrected chi connectivity index (χ0v) is 17.4. The molecule has 0 aliphatic heterocycles. The number of hydrogen-bond donors (Lipinski definition) is 2. The van der Waals surface area contributed by atoms with Crippen molar-refractivity contribution < 1.29 is 23.1 Å². The predicted molar refractivity (Wildman–Crippen MR) is 116 cm³/mol. The molecule has 31 heavy (non-hydrogen) atoms. The van der Waals surface area contributed by atoms with Crippen molar-refractivity contribution >= 4 is 21.7 Å². The van der Waals surface area contributed by atoms with Crippen LogP contribution in [0.25, 0.3) is 11.1 Å². The molecule has 2 N–H and O–H groups in total. The fourth-order valence-corrected chi connectivity index (χ4v) is 5.32. The zero-order chi connectivity index (χ0) is 22.0. The summed E-state index contributed by atoms with van der Waals surface area (Å²) in [4.78, 5) is 25.1. The average molecular weight is 436 g/mol. The second-order valence-corrected chi connectivity index (χ2v) is 9.54. The van der Waals surface area contributed by atoms with E-state index in [0.29, 0.717) is 0 Å². The Hall–Kier alpha value is -3.45. The van der Waals surface area contributed by atoms with Gasteiger partial charge in [0.2, 0.25) is 5.91 Å². The molecule has 0 aromatic heterocycles. The lowest BCUT2D eigenvalue weighted by Gasteiger charge is -2.19. The van der Waals surface area contributed by atoms with Crippen LogP contribution >= 0.6 is 0 Å². The molecule has 0 saturated carbocycles. The maximum atomic E-state index is 13.2. The Morgan fingerprint density at radius 2 is 1.35 bits per heavy atom. The minimum absolute atomic E-state index is 0.129. The number of rotatable bonds is 7. The topological polar surface area (TPSA) is 101 Å². The zero-order valence-electron chi connectivity index (χ0n) is 16.6. The van der Waals surface area contributed by atoms with E-state index in [1.165, 1.54) is 12.1 Å². The summed E-state index contributed by atoms with van der Waals surface area (Å²) in [5, 5.41) is 12.2. The van der Waals surface area contributed by atoms with Gasteiger partial charge < -0.3 is 10.4 Å². The maximum Gasteiger partial charge on any atom is 0.326 e. The minimum Gasteiger partial charge on any atom is -0.480 e. The van der Waals surface area contributed by atoms with Crippen LogP contribution in [0.2, 0.25) is 0 Å². The first-order chi connectivity index (χ1) is 14.9. The smallest absolute Gasteiger partial charge is 0.326 e. The number of carboxylic acid groups (broad SMARTS) is 1. The van der Waals surface area contributed by atoms with Crippen LogP contribution in [-0.4, -0.2) is 37.2 Å². The summed E-state index contributed by atoms with van der Waals surface area (Å²) in [6.45, 7) is 0. The third kappa shape index (κ3) is 4.09. The van der Waals surface area contributed by atoms with Gasteiger partial charge in [-0.15, -0.1) is 0 Å². The Morgan fingerprint density at radius 3 is 1.90 bits per heavy atom. The SMILES string of the molecule is O=C(N[C@@H](CCS(=O)(=O)c1ccccc1)C(=O)O)C1c2ccccc2-c2ccccc21. The number of carbonyl (C=O) groups excluding carboxylic acids is 1. The van der Waals surface area contributed by atoms with Crippen LogP contribution in [0.4, 0.5) is 0 Å². The van der Waals surface area contributed by atoms with Crippen molar-refractivity contribution in [3.63, 3.8) is 0 Å². The highest BCUT2D eigenvalue weighted by Crippen LogP contribution is 2.44. The molecule has 1 atom stereocenters. The first-order valence-corrected chi connectivity index (χ1v) is 11.5. The predicted octanol–water partition coefficient (Wildman–Crippen LogP) is 3.23. The van der Waals surface area contributed by atoms with Gasteiger partial charge in [0.1, 0.15) is 6.04 Å². The van der Waals surface area contributed by atoms with Gasteiger partial charge in [-0.25, -0.2) is 13.2 Å². The van der Waals surface area contributed by atoms with Gasteiger partial charge in [0.05, 0.1) is 16.6 Å². The highest BCUT2D eigenvalue weighted by atomic mass is 32.2. The van der Waals surface area contributed by atoms with E-state index in [0.717, 1.165) is 22.3 Å². The lowest BCUT2D eigenvalue weighted by molar-refractivity contribution is -0.141. The van der Waals surface area contributed by atoms with E-state index in [1.807, 2.05) is 48.5 Å². The molecule has 7 heteroatoms. The lowest BCUT2D eigenvalue weighted by atomic mass is 9.95. The normalized spacial score (nSPS) is 13.8. The van der Waals surface area contributed by atoms with Gasteiger partial charge in [0.15, 0.2) is 9.84 Å². The van der Waals surface area contributed by atoms with Gasteiger partial charge in [-0.05, 0) is 40.8 Å². The summed E-state index contributed by atoms with van der Waals surface area (Å²) < 4.78 is 25.0. The number of benzene rings is 3. The standard InChI is InChI=1S/C24H21NO5S/c26-23(22-19-12-6-4-10-17(19)18-11-5-7-13-20(18)22)25-21(24(27)28)14-15-31(29,30)16-8-2-1-3-9-16/h1-13,21-22H,14-15H2,(H,25,26)(H,27,28)/t21-/m0/s1. The largest absolute Gasteiger partial charge is 0.480 e. The molecule has 4 rings (SSSR count). The molecular formula is C24H21NO5S. The molecule has 0 unspecified atom stereocenters. The molecule has 6 nitrogen and oxygen atoms in total. The van der Waals surface area contributed by atoms with E-state index in [4.69, 9.17) is 0 Å². The van der Waals surface area contributed by atoms with E-state index in [2.05, 4.69) is 5.32 Å². The van der Waals surface area contributed by atoms with Crippen molar-refractivity contribution in [1.29, 1.82) is 0 Å². The number of amides is 1. The van der Waals surface area contributed by atoms with E-state index in [-0.39, 0.29) is 17.1 Å². The van der Waals surface area contributed by atoms with E-state index >= 15 is 0 Å². The maximum absolute atomic E-state index is 13.2. The van der Waals surface area contributed by atoms with Gasteiger partial charge in [-0.2, -0.15) is 0 Å². The number of carbonyl (C=O) groups is 2. The first-order valence-electron chi connectivity index (χ1n) is 9.87. The Labute approximate surface area is 180 Å². The fraction of sp³-hybridized carbons (Fsp3) is 0.167. The third-order valence-corrected chi connectivity index (χ3v) is 7.25. The number of hydrogen-bond acceptors (Lipinski definition) is 4. The Balaban J connectivity index is 1.54. The summed E-state index contributed by atoms with van der Waals surface area (Å²) in [7, 11) is -3.66. The number of sulfone groups is 1. The molecule has 0 radical (unpaired) electrons. The lowest BCUT2D eigenvalue weighted by Crippen LogP contribution is -2.44. The van der Waals surface area contributed by atoms with Crippen LogP contribution < -0.4 is 5.32 Å². The molecule has 158 valence electrons. The van der Waals surface area contributed by atoms with E-state index < -0.39 is 33.7 Å². The number of fused-ring (bicyclic) bond motifs is 3. The van der Waals surface area contributed by atoms with Crippen LogP contribution in [0, 0.1) is 0 Å². The van der Waals surface area contributed by atoms with Crippen molar-refractivity contribution in [2.24, 2.45) is 0 Å². The molecule has 1 amide bonds.